The van der Waals surface area contributed by atoms with Crippen molar-refractivity contribution in [3.8, 4) is 0 Å². The summed E-state index contributed by atoms with van der Waals surface area (Å²) in [6.45, 7) is 0. The summed E-state index contributed by atoms with van der Waals surface area (Å²) in [6.07, 6.45) is 17.6. The van der Waals surface area contributed by atoms with E-state index < -0.39 is 25.3 Å². The lowest BCUT2D eigenvalue weighted by atomic mass is 9.48. The standard InChI is InChI=1S/2C18H21BN4O2/c2*24-18-5-9-3-10(6-18)14(11(4-9)7-18)16-15-12-1-2-20-17(12)21-8-13(15)19(25)23-22-16/h2*1-2,8-11,14,23-25H,3-7H2,(H,20,21). The number of hydrazone groups is 2. The zero-order valence-corrected chi connectivity index (χ0v) is 27.9. The third-order valence-electron chi connectivity index (χ3n) is 14.1. The van der Waals surface area contributed by atoms with Crippen LogP contribution in [0.4, 0.5) is 0 Å². The predicted molar refractivity (Wildman–Crippen MR) is 191 cm³/mol. The van der Waals surface area contributed by atoms with Gasteiger partial charge in [-0.05, 0) is 112 Å². The van der Waals surface area contributed by atoms with Gasteiger partial charge in [0, 0.05) is 69.4 Å². The molecule has 0 radical (unpaired) electrons. The molecule has 50 heavy (non-hydrogen) atoms. The van der Waals surface area contributed by atoms with Crippen molar-refractivity contribution < 1.29 is 20.3 Å². The Morgan fingerprint density at radius 3 is 1.38 bits per heavy atom. The number of aromatic nitrogens is 4. The number of H-pyrrole nitrogens is 2. The molecule has 0 aromatic carbocycles. The quantitative estimate of drug-likeness (QED) is 0.147. The van der Waals surface area contributed by atoms with Gasteiger partial charge in [0.25, 0.3) is 0 Å². The van der Waals surface area contributed by atoms with Crippen LogP contribution >= 0.6 is 0 Å². The van der Waals surface area contributed by atoms with Gasteiger partial charge in [0.1, 0.15) is 11.3 Å². The molecule has 8 aliphatic carbocycles. The first-order valence-electron chi connectivity index (χ1n) is 18.6. The van der Waals surface area contributed by atoms with Gasteiger partial charge in [0.15, 0.2) is 0 Å². The van der Waals surface area contributed by atoms with Gasteiger partial charge in [0.05, 0.1) is 22.6 Å². The minimum absolute atomic E-state index is 0.357. The first-order valence-corrected chi connectivity index (χ1v) is 18.6. The van der Waals surface area contributed by atoms with Crippen LogP contribution in [0.1, 0.15) is 75.3 Å². The van der Waals surface area contributed by atoms with Crippen LogP contribution < -0.4 is 21.6 Å². The van der Waals surface area contributed by atoms with E-state index in [0.717, 1.165) is 94.1 Å². The smallest absolute Gasteiger partial charge is 0.428 e. The maximum Gasteiger partial charge on any atom is 0.465 e. The molecule has 4 unspecified atom stereocenters. The highest BCUT2D eigenvalue weighted by Gasteiger charge is 2.58. The van der Waals surface area contributed by atoms with E-state index in [4.69, 9.17) is 0 Å². The maximum absolute atomic E-state index is 10.9. The number of rotatable bonds is 2. The van der Waals surface area contributed by atoms with Gasteiger partial charge in [-0.2, -0.15) is 10.2 Å². The molecule has 6 heterocycles. The van der Waals surface area contributed by atoms with E-state index >= 15 is 0 Å². The Balaban J connectivity index is 0.000000120. The zero-order valence-electron chi connectivity index (χ0n) is 27.9. The van der Waals surface area contributed by atoms with Crippen LogP contribution in [0.25, 0.3) is 22.1 Å². The van der Waals surface area contributed by atoms with Gasteiger partial charge in [0.2, 0.25) is 0 Å². The SMILES string of the molecule is OB1NN=C(C2C3CC4CC2CC(O)(C4)C3)c2c1cnc1[nH]ccc21.OB1NN=C(C2C3CC4CC2CC(O)(C4)C3)c2c1cnc1[nH]ccc21. The Labute approximate surface area is 289 Å². The van der Waals surface area contributed by atoms with Crippen LogP contribution in [0.15, 0.2) is 47.1 Å². The van der Waals surface area contributed by atoms with Gasteiger partial charge in [-0.15, -0.1) is 0 Å². The van der Waals surface area contributed by atoms with Crippen molar-refractivity contribution in [2.24, 2.45) is 57.5 Å². The van der Waals surface area contributed by atoms with Crippen LogP contribution in [-0.4, -0.2) is 76.9 Å². The molecule has 10 aliphatic rings. The molecule has 12 nitrogen and oxygen atoms in total. The summed E-state index contributed by atoms with van der Waals surface area (Å²) in [5, 5.41) is 59.6. The zero-order chi connectivity index (χ0) is 33.5. The molecule has 4 atom stereocenters. The van der Waals surface area contributed by atoms with Gasteiger partial charge >= 0.3 is 14.1 Å². The van der Waals surface area contributed by atoms with Crippen molar-refractivity contribution in [3.05, 3.63) is 48.0 Å². The maximum atomic E-state index is 10.9. The summed E-state index contributed by atoms with van der Waals surface area (Å²) in [5.41, 5.74) is 6.61. The van der Waals surface area contributed by atoms with E-state index in [2.05, 4.69) is 40.8 Å². The van der Waals surface area contributed by atoms with E-state index in [1.54, 1.807) is 12.4 Å². The molecule has 4 aromatic rings. The summed E-state index contributed by atoms with van der Waals surface area (Å²) < 4.78 is 0. The average Bonchev–Trinajstić information content (AvgIpc) is 3.75. The molecule has 256 valence electrons. The molecule has 0 saturated heterocycles. The second-order valence-corrected chi connectivity index (χ2v) is 17.2. The van der Waals surface area contributed by atoms with Gasteiger partial charge in [-0.25, -0.2) is 9.97 Å². The van der Waals surface area contributed by atoms with E-state index in [1.807, 2.05) is 24.5 Å². The molecular weight excluding hydrogens is 630 g/mol. The van der Waals surface area contributed by atoms with Crippen LogP contribution in [0.3, 0.4) is 0 Å². The van der Waals surface area contributed by atoms with Gasteiger partial charge < -0.3 is 40.9 Å². The molecule has 8 fully saturated rings. The fraction of sp³-hybridized carbons (Fsp3) is 0.556. The van der Waals surface area contributed by atoms with Crippen LogP contribution in [-0.2, 0) is 0 Å². The monoisotopic (exact) mass is 672 g/mol. The van der Waals surface area contributed by atoms with Crippen LogP contribution in [0.5, 0.6) is 0 Å². The number of nitrogens with zero attached hydrogens (tertiary/aromatic N) is 4. The second-order valence-electron chi connectivity index (χ2n) is 17.2. The number of fused-ring (bicyclic) bond motifs is 6. The number of nitrogens with one attached hydrogen (secondary N) is 4. The summed E-state index contributed by atoms with van der Waals surface area (Å²) in [7, 11) is -1.63. The van der Waals surface area contributed by atoms with E-state index in [0.29, 0.717) is 47.3 Å². The minimum Gasteiger partial charge on any atom is -0.428 e. The molecule has 14 rings (SSSR count). The fourth-order valence-corrected chi connectivity index (χ4v) is 12.9. The first-order chi connectivity index (χ1) is 24.2. The number of aliphatic hydroxyl groups is 2. The molecule has 8 saturated carbocycles. The van der Waals surface area contributed by atoms with Crippen LogP contribution in [0, 0.1) is 47.3 Å². The lowest BCUT2D eigenvalue weighted by molar-refractivity contribution is -0.138. The Bertz CT molecular complexity index is 1940. The largest absolute Gasteiger partial charge is 0.465 e. The third kappa shape index (κ3) is 4.34. The molecule has 4 aromatic heterocycles. The molecule has 2 aliphatic heterocycles. The minimum atomic E-state index is -0.813. The summed E-state index contributed by atoms with van der Waals surface area (Å²) >= 11 is 0. The Kier molecular flexibility index (Phi) is 6.25. The number of hydrogen-bond acceptors (Lipinski definition) is 10. The normalized spacial score (nSPS) is 38.6. The van der Waals surface area contributed by atoms with Crippen molar-refractivity contribution in [2.45, 2.75) is 75.4 Å². The number of hydrogen-bond donors (Lipinski definition) is 8. The molecule has 0 amide bonds. The van der Waals surface area contributed by atoms with Crippen molar-refractivity contribution in [2.75, 3.05) is 0 Å². The predicted octanol–water partition coefficient (Wildman–Crippen LogP) is 1.49. The fourth-order valence-electron chi connectivity index (χ4n) is 12.9. The van der Waals surface area contributed by atoms with E-state index in [9.17, 15) is 20.3 Å². The molecule has 8 N–H and O–H groups in total. The van der Waals surface area contributed by atoms with Gasteiger partial charge in [-0.3, -0.25) is 0 Å². The lowest BCUT2D eigenvalue weighted by Gasteiger charge is -2.58. The number of aromatic amines is 2. The Morgan fingerprint density at radius 2 is 1.00 bits per heavy atom. The lowest BCUT2D eigenvalue weighted by Crippen LogP contribution is -2.59. The summed E-state index contributed by atoms with van der Waals surface area (Å²) in [6, 6.07) is 4.05. The van der Waals surface area contributed by atoms with Crippen molar-refractivity contribution >= 4 is 58.5 Å². The molecular formula is C36H42B2N8O4. The number of pyridine rings is 2. The molecule has 14 heteroatoms. The van der Waals surface area contributed by atoms with Crippen LogP contribution in [0.2, 0.25) is 0 Å². The van der Waals surface area contributed by atoms with E-state index in [-0.39, 0.29) is 0 Å². The van der Waals surface area contributed by atoms with Crippen molar-refractivity contribution in [1.29, 1.82) is 0 Å². The highest BCUT2D eigenvalue weighted by molar-refractivity contribution is 6.67. The van der Waals surface area contributed by atoms with Gasteiger partial charge in [-0.1, -0.05) is 0 Å². The topological polar surface area (TPSA) is 187 Å². The summed E-state index contributed by atoms with van der Waals surface area (Å²) in [4.78, 5) is 15.2. The first kappa shape index (κ1) is 30.0. The second kappa shape index (κ2) is 10.4. The van der Waals surface area contributed by atoms with E-state index in [1.165, 1.54) is 25.7 Å². The molecule has 8 bridgehead atoms. The van der Waals surface area contributed by atoms with Crippen molar-refractivity contribution in [3.63, 3.8) is 0 Å². The molecule has 0 spiro atoms. The average molecular weight is 672 g/mol. The Morgan fingerprint density at radius 1 is 0.600 bits per heavy atom. The third-order valence-corrected chi connectivity index (χ3v) is 14.1. The Hall–Kier alpha value is -3.71. The highest BCUT2D eigenvalue weighted by Crippen LogP contribution is 2.60. The summed E-state index contributed by atoms with van der Waals surface area (Å²) in [5.74, 6) is 4.01. The highest BCUT2D eigenvalue weighted by atomic mass is 16.3. The van der Waals surface area contributed by atoms with Crippen molar-refractivity contribution in [1.82, 2.24) is 30.6 Å².